The Morgan fingerprint density at radius 2 is 1.38 bits per heavy atom. The zero-order chi connectivity index (χ0) is 34.4. The van der Waals surface area contributed by atoms with Gasteiger partial charge in [0, 0.05) is 25.2 Å². The van der Waals surface area contributed by atoms with Crippen molar-refractivity contribution in [3.05, 3.63) is 0 Å². The molecule has 4 fully saturated rings. The molecule has 4 aliphatic rings. The minimum atomic E-state index is 0.183. The average molecular weight is 677 g/mol. The van der Waals surface area contributed by atoms with Crippen molar-refractivity contribution in [2.24, 2.45) is 63.5 Å². The van der Waals surface area contributed by atoms with E-state index in [0.717, 1.165) is 52.0 Å². The van der Waals surface area contributed by atoms with Gasteiger partial charge in [0.2, 0.25) is 0 Å². The van der Waals surface area contributed by atoms with Crippen LogP contribution in [0.25, 0.3) is 0 Å². The van der Waals surface area contributed by atoms with Gasteiger partial charge in [0.15, 0.2) is 0 Å². The first-order valence-electron chi connectivity index (χ1n) is 21.0. The smallest absolute Gasteiger partial charge is 0.0637 e. The summed E-state index contributed by atoms with van der Waals surface area (Å²) in [4.78, 5) is 0. The van der Waals surface area contributed by atoms with Crippen LogP contribution in [0.15, 0.2) is 0 Å². The maximum Gasteiger partial charge on any atom is 0.0637 e. The van der Waals surface area contributed by atoms with Crippen molar-refractivity contribution < 1.29 is 14.2 Å². The number of unbranched alkanes of at least 4 members (excludes halogenated alkanes) is 5. The van der Waals surface area contributed by atoms with E-state index in [1.165, 1.54) is 96.4 Å². The fraction of sp³-hybridized carbons (Fsp3) is 1.00. The van der Waals surface area contributed by atoms with E-state index < -0.39 is 0 Å². The molecule has 0 aromatic rings. The van der Waals surface area contributed by atoms with Crippen molar-refractivity contribution in [2.45, 2.75) is 162 Å². The SMILES string of the molecule is CCCCCCCCNCCC[C@@H](C)[C@H]1CC[C@H]2[C@@H]3[C@H](OCCCN)CC4C[C@H](OCCCN)CC[C@]4(C)[C@H]3C[C@H](OCCCN)[C@]12C. The van der Waals surface area contributed by atoms with Gasteiger partial charge in [-0.25, -0.2) is 0 Å². The van der Waals surface area contributed by atoms with Crippen LogP contribution in [0.1, 0.15) is 143 Å². The van der Waals surface area contributed by atoms with E-state index >= 15 is 0 Å². The maximum atomic E-state index is 7.03. The summed E-state index contributed by atoms with van der Waals surface area (Å²) in [5, 5.41) is 3.77. The highest BCUT2D eigenvalue weighted by atomic mass is 16.5. The highest BCUT2D eigenvalue weighted by Crippen LogP contribution is 2.69. The van der Waals surface area contributed by atoms with E-state index in [9.17, 15) is 0 Å². The zero-order valence-electron chi connectivity index (χ0n) is 32.0. The molecule has 7 heteroatoms. The molecule has 4 aliphatic carbocycles. The van der Waals surface area contributed by atoms with Crippen molar-refractivity contribution in [3.8, 4) is 0 Å². The normalized spacial score (nSPS) is 36.8. The number of fused-ring (bicyclic) bond motifs is 5. The quantitative estimate of drug-likeness (QED) is 0.0786. The molecule has 0 aromatic carbocycles. The average Bonchev–Trinajstić information content (AvgIpc) is 3.44. The summed E-state index contributed by atoms with van der Waals surface area (Å²) < 4.78 is 20.4. The first kappa shape index (κ1) is 40.5. The van der Waals surface area contributed by atoms with E-state index in [-0.39, 0.29) is 5.41 Å². The maximum absolute atomic E-state index is 7.03. The summed E-state index contributed by atoms with van der Waals surface area (Å²) in [6, 6.07) is 0. The van der Waals surface area contributed by atoms with Crippen LogP contribution in [-0.4, -0.2) is 70.9 Å². The molecule has 282 valence electrons. The molecule has 4 rings (SSSR count). The second-order valence-corrected chi connectivity index (χ2v) is 17.1. The molecular weight excluding hydrogens is 596 g/mol. The molecule has 48 heavy (non-hydrogen) atoms. The summed E-state index contributed by atoms with van der Waals surface area (Å²) in [7, 11) is 0. The molecule has 1 unspecified atom stereocenters. The van der Waals surface area contributed by atoms with Crippen molar-refractivity contribution in [1.82, 2.24) is 5.32 Å². The Morgan fingerprint density at radius 1 is 0.708 bits per heavy atom. The highest BCUT2D eigenvalue weighted by Gasteiger charge is 2.66. The molecule has 7 nitrogen and oxygen atoms in total. The van der Waals surface area contributed by atoms with Gasteiger partial charge < -0.3 is 36.7 Å². The van der Waals surface area contributed by atoms with E-state index in [1.807, 2.05) is 0 Å². The van der Waals surface area contributed by atoms with Gasteiger partial charge in [-0.2, -0.15) is 0 Å². The Labute approximate surface area is 296 Å². The topological polar surface area (TPSA) is 118 Å². The van der Waals surface area contributed by atoms with Crippen LogP contribution < -0.4 is 22.5 Å². The number of nitrogens with two attached hydrogens (primary N) is 3. The Morgan fingerprint density at radius 3 is 2.10 bits per heavy atom. The van der Waals surface area contributed by atoms with Crippen LogP contribution >= 0.6 is 0 Å². The largest absolute Gasteiger partial charge is 0.378 e. The summed E-state index contributed by atoms with van der Waals surface area (Å²) in [5.41, 5.74) is 18.3. The van der Waals surface area contributed by atoms with Gasteiger partial charge in [0.05, 0.1) is 18.3 Å². The van der Waals surface area contributed by atoms with Crippen LogP contribution in [0, 0.1) is 46.3 Å². The molecule has 0 radical (unpaired) electrons. The summed E-state index contributed by atoms with van der Waals surface area (Å²) in [6.07, 6.45) is 23.2. The van der Waals surface area contributed by atoms with Crippen LogP contribution in [0.5, 0.6) is 0 Å². The van der Waals surface area contributed by atoms with Crippen molar-refractivity contribution in [2.75, 3.05) is 52.5 Å². The van der Waals surface area contributed by atoms with Crippen LogP contribution in [0.4, 0.5) is 0 Å². The number of nitrogens with one attached hydrogen (secondary N) is 1. The molecule has 4 saturated carbocycles. The van der Waals surface area contributed by atoms with Crippen molar-refractivity contribution >= 4 is 0 Å². The lowest BCUT2D eigenvalue weighted by molar-refractivity contribution is -0.227. The van der Waals surface area contributed by atoms with Gasteiger partial charge in [-0.05, 0) is 157 Å². The van der Waals surface area contributed by atoms with Crippen molar-refractivity contribution in [1.29, 1.82) is 0 Å². The van der Waals surface area contributed by atoms with Gasteiger partial charge in [0.1, 0.15) is 0 Å². The predicted molar refractivity (Wildman–Crippen MR) is 201 cm³/mol. The van der Waals surface area contributed by atoms with Gasteiger partial charge in [-0.3, -0.25) is 0 Å². The van der Waals surface area contributed by atoms with Crippen LogP contribution in [0.2, 0.25) is 0 Å². The summed E-state index contributed by atoms with van der Waals surface area (Å²) >= 11 is 0. The lowest BCUT2D eigenvalue weighted by Gasteiger charge is -2.65. The van der Waals surface area contributed by atoms with E-state index in [1.54, 1.807) is 0 Å². The third kappa shape index (κ3) is 9.98. The Kier molecular flexibility index (Phi) is 17.4. The first-order chi connectivity index (χ1) is 23.3. The molecule has 7 N–H and O–H groups in total. The second kappa shape index (κ2) is 20.7. The highest BCUT2D eigenvalue weighted by molar-refractivity contribution is 5.15. The van der Waals surface area contributed by atoms with Crippen LogP contribution in [0.3, 0.4) is 0 Å². The standard InChI is InChI=1S/C41H80N4O3/c1-5-6-7-8-9-10-23-45-24-11-15-31(2)34-16-17-35-39-36(30-38(41(34,35)4)48-27-14-22-44)40(3)19-18-33(46-25-12-20-42)28-32(40)29-37(39)47-26-13-21-43/h31-39,45H,5-30,42-44H2,1-4H3/t31-,32?,33-,34-,35+,36+,37-,38+,39+,40+,41-/m1/s1. The number of rotatable bonds is 24. The zero-order valence-corrected chi connectivity index (χ0v) is 32.0. The lowest BCUT2D eigenvalue weighted by atomic mass is 9.43. The fourth-order valence-electron chi connectivity index (χ4n) is 11.5. The minimum Gasteiger partial charge on any atom is -0.378 e. The van der Waals surface area contributed by atoms with Gasteiger partial charge in [0.25, 0.3) is 0 Å². The predicted octanol–water partition coefficient (Wildman–Crippen LogP) is 7.43. The summed E-state index contributed by atoms with van der Waals surface area (Å²) in [6.45, 7) is 17.0. The third-order valence-corrected chi connectivity index (χ3v) is 14.2. The molecule has 0 saturated heterocycles. The van der Waals surface area contributed by atoms with Gasteiger partial charge in [-0.15, -0.1) is 0 Å². The minimum absolute atomic E-state index is 0.183. The van der Waals surface area contributed by atoms with E-state index in [2.05, 4.69) is 33.0 Å². The monoisotopic (exact) mass is 677 g/mol. The molecule has 11 atom stereocenters. The molecule has 0 spiro atoms. The third-order valence-electron chi connectivity index (χ3n) is 14.2. The molecule has 0 bridgehead atoms. The molecular formula is C41H80N4O3. The molecule has 0 aromatic heterocycles. The summed E-state index contributed by atoms with van der Waals surface area (Å²) in [5.74, 6) is 3.92. The van der Waals surface area contributed by atoms with Crippen molar-refractivity contribution in [3.63, 3.8) is 0 Å². The van der Waals surface area contributed by atoms with E-state index in [4.69, 9.17) is 31.4 Å². The number of ether oxygens (including phenoxy) is 3. The Hall–Kier alpha value is -0.280. The van der Waals surface area contributed by atoms with Gasteiger partial charge >= 0.3 is 0 Å². The first-order valence-corrected chi connectivity index (χ1v) is 21.0. The molecule has 0 aliphatic heterocycles. The fourth-order valence-corrected chi connectivity index (χ4v) is 11.5. The molecule has 0 amide bonds. The number of hydrogen-bond acceptors (Lipinski definition) is 7. The Bertz CT molecular complexity index is 879. The Balaban J connectivity index is 1.46. The number of hydrogen-bond donors (Lipinski definition) is 4. The van der Waals surface area contributed by atoms with Crippen LogP contribution in [-0.2, 0) is 14.2 Å². The second-order valence-electron chi connectivity index (χ2n) is 17.1. The molecule has 0 heterocycles. The van der Waals surface area contributed by atoms with E-state index in [0.29, 0.717) is 78.9 Å². The van der Waals surface area contributed by atoms with Gasteiger partial charge in [-0.1, -0.05) is 59.8 Å². The lowest BCUT2D eigenvalue weighted by Crippen LogP contribution is -2.63.